The number of imidazole rings is 1. The molecule has 1 N–H and O–H groups in total. The fourth-order valence-corrected chi connectivity index (χ4v) is 1.90. The van der Waals surface area contributed by atoms with E-state index in [9.17, 15) is 17.3 Å². The molecule has 1 aromatic rings. The fourth-order valence-electron chi connectivity index (χ4n) is 1.90. The predicted molar refractivity (Wildman–Crippen MR) is 69.2 cm³/mol. The summed E-state index contributed by atoms with van der Waals surface area (Å²) in [5.41, 5.74) is 0. The normalized spacial score (nSPS) is 13.1. The van der Waals surface area contributed by atoms with Crippen molar-refractivity contribution < 1.29 is 21.8 Å². The number of halogens is 4. The van der Waals surface area contributed by atoms with E-state index in [4.69, 9.17) is 0 Å². The zero-order chi connectivity index (χ0) is 14.9. The largest absolute Gasteiger partial charge is 0.673 e. The summed E-state index contributed by atoms with van der Waals surface area (Å²) in [4.78, 5) is 3.12. The minimum Gasteiger partial charge on any atom is -0.418 e. The molecule has 0 spiro atoms. The Bertz CT molecular complexity index is 306. The zero-order valence-electron chi connectivity index (χ0n) is 11.8. The average Bonchev–Trinajstić information content (AvgIpc) is 2.74. The van der Waals surface area contributed by atoms with Crippen LogP contribution in [0.4, 0.5) is 17.3 Å². The number of nitrogens with one attached hydrogen (secondary N) is 1. The van der Waals surface area contributed by atoms with Crippen molar-refractivity contribution >= 4 is 7.25 Å². The van der Waals surface area contributed by atoms with Gasteiger partial charge in [-0.15, -0.1) is 0 Å². The number of hydrogen-bond acceptors (Lipinski definition) is 0. The summed E-state index contributed by atoms with van der Waals surface area (Å²) in [5.74, 6) is 0.777. The van der Waals surface area contributed by atoms with Crippen LogP contribution in [0.1, 0.15) is 52.5 Å². The number of aromatic nitrogens is 2. The number of unbranched alkanes of at least 4 members (excludes halogenated alkanes) is 1. The highest BCUT2D eigenvalue weighted by molar-refractivity contribution is 6.50. The van der Waals surface area contributed by atoms with Gasteiger partial charge in [-0.2, -0.15) is 0 Å². The lowest BCUT2D eigenvalue weighted by Gasteiger charge is -2.15. The Morgan fingerprint density at radius 1 is 1.21 bits per heavy atom. The van der Waals surface area contributed by atoms with Crippen LogP contribution in [-0.2, 0) is 0 Å². The van der Waals surface area contributed by atoms with Crippen LogP contribution < -0.4 is 4.57 Å². The number of hydrogen-bond donors (Lipinski definition) is 1. The Morgan fingerprint density at radius 2 is 1.79 bits per heavy atom. The number of H-pyrrole nitrogens is 1. The summed E-state index contributed by atoms with van der Waals surface area (Å²) in [6, 6.07) is 0.682. The Kier molecular flexibility index (Phi) is 8.51. The van der Waals surface area contributed by atoms with Gasteiger partial charge in [0.05, 0.1) is 0 Å². The van der Waals surface area contributed by atoms with Crippen LogP contribution in [0, 0.1) is 5.92 Å². The maximum Gasteiger partial charge on any atom is 0.673 e. The molecule has 1 rings (SSSR count). The lowest BCUT2D eigenvalue weighted by molar-refractivity contribution is -0.724. The van der Waals surface area contributed by atoms with Crippen LogP contribution in [0.3, 0.4) is 0 Å². The molecule has 112 valence electrons. The Morgan fingerprint density at radius 3 is 2.16 bits per heavy atom. The van der Waals surface area contributed by atoms with E-state index >= 15 is 0 Å². The van der Waals surface area contributed by atoms with E-state index in [2.05, 4.69) is 42.8 Å². The smallest absolute Gasteiger partial charge is 0.418 e. The van der Waals surface area contributed by atoms with Crippen LogP contribution in [0.25, 0.3) is 0 Å². The topological polar surface area (TPSA) is 19.7 Å². The molecule has 1 aromatic heterocycles. The molecule has 0 radical (unpaired) electrons. The van der Waals surface area contributed by atoms with Gasteiger partial charge in [-0.3, -0.25) is 4.98 Å². The summed E-state index contributed by atoms with van der Waals surface area (Å²) in [6.45, 7) is 6.85. The second kappa shape index (κ2) is 8.99. The summed E-state index contributed by atoms with van der Waals surface area (Å²) in [6.07, 6.45) is 11.4. The molecule has 0 fully saturated rings. The molecule has 1 atom stereocenters. The maximum absolute atomic E-state index is 9.75. The molecule has 1 unspecified atom stereocenters. The third-order valence-corrected chi connectivity index (χ3v) is 2.62. The molecular formula is C12H23BF4N2. The van der Waals surface area contributed by atoms with Crippen LogP contribution in [0.2, 0.25) is 0 Å². The number of aromatic amines is 1. The van der Waals surface area contributed by atoms with E-state index in [1.54, 1.807) is 0 Å². The summed E-state index contributed by atoms with van der Waals surface area (Å²) >= 11 is 0. The van der Waals surface area contributed by atoms with Gasteiger partial charge >= 0.3 is 7.25 Å². The summed E-state index contributed by atoms with van der Waals surface area (Å²) < 4.78 is 41.3. The van der Waals surface area contributed by atoms with E-state index in [0.717, 1.165) is 5.92 Å². The van der Waals surface area contributed by atoms with Crippen molar-refractivity contribution in [2.24, 2.45) is 5.92 Å². The Labute approximate surface area is 112 Å². The summed E-state index contributed by atoms with van der Waals surface area (Å²) in [7, 11) is -6.00. The molecule has 0 aliphatic rings. The van der Waals surface area contributed by atoms with Gasteiger partial charge in [0, 0.05) is 0 Å². The van der Waals surface area contributed by atoms with Crippen molar-refractivity contribution in [3.8, 4) is 0 Å². The SMILES string of the molecule is CCCCC(CC(C)C)[n+]1cc[nH]c1.F[B-](F)(F)F. The molecule has 19 heavy (non-hydrogen) atoms. The van der Waals surface area contributed by atoms with Gasteiger partial charge in [0.2, 0.25) is 6.33 Å². The molecular weight excluding hydrogens is 259 g/mol. The quantitative estimate of drug-likeness (QED) is 0.454. The fraction of sp³-hybridized carbons (Fsp3) is 0.750. The van der Waals surface area contributed by atoms with Crippen LogP contribution >= 0.6 is 0 Å². The van der Waals surface area contributed by atoms with E-state index in [0.29, 0.717) is 6.04 Å². The van der Waals surface area contributed by atoms with Crippen molar-refractivity contribution in [3.63, 3.8) is 0 Å². The lowest BCUT2D eigenvalue weighted by Crippen LogP contribution is -2.37. The first-order chi connectivity index (χ1) is 8.74. The maximum atomic E-state index is 9.75. The molecule has 0 saturated carbocycles. The van der Waals surface area contributed by atoms with Gasteiger partial charge in [-0.25, -0.2) is 4.57 Å². The van der Waals surface area contributed by atoms with Gasteiger partial charge in [0.15, 0.2) is 0 Å². The molecule has 0 aliphatic heterocycles. The van der Waals surface area contributed by atoms with Crippen molar-refractivity contribution in [2.45, 2.75) is 52.5 Å². The summed E-state index contributed by atoms with van der Waals surface area (Å²) in [5, 5.41) is 0. The zero-order valence-corrected chi connectivity index (χ0v) is 11.8. The van der Waals surface area contributed by atoms with E-state index in [1.807, 2.05) is 6.20 Å². The average molecular weight is 282 g/mol. The third kappa shape index (κ3) is 11.8. The third-order valence-electron chi connectivity index (χ3n) is 2.62. The molecule has 0 amide bonds. The second-order valence-electron chi connectivity index (χ2n) is 4.98. The van der Waals surface area contributed by atoms with Gasteiger partial charge in [0.25, 0.3) is 0 Å². The van der Waals surface area contributed by atoms with Crippen LogP contribution in [0.5, 0.6) is 0 Å². The van der Waals surface area contributed by atoms with Crippen molar-refractivity contribution in [2.75, 3.05) is 0 Å². The highest BCUT2D eigenvalue weighted by atomic mass is 19.5. The molecule has 0 aromatic carbocycles. The van der Waals surface area contributed by atoms with Gasteiger partial charge in [0.1, 0.15) is 18.4 Å². The Hall–Kier alpha value is -1.01. The van der Waals surface area contributed by atoms with Crippen molar-refractivity contribution in [3.05, 3.63) is 18.7 Å². The van der Waals surface area contributed by atoms with Gasteiger partial charge in [-0.1, -0.05) is 27.2 Å². The Balaban J connectivity index is 0.000000555. The van der Waals surface area contributed by atoms with Crippen molar-refractivity contribution in [1.82, 2.24) is 4.98 Å². The number of rotatable bonds is 6. The predicted octanol–water partition coefficient (Wildman–Crippen LogP) is 4.38. The molecule has 0 aliphatic carbocycles. The van der Waals surface area contributed by atoms with E-state index in [-0.39, 0.29) is 0 Å². The highest BCUT2D eigenvalue weighted by Crippen LogP contribution is 2.17. The second-order valence-corrected chi connectivity index (χ2v) is 4.98. The minimum atomic E-state index is -6.00. The van der Waals surface area contributed by atoms with Gasteiger partial charge < -0.3 is 17.3 Å². The molecule has 1 heterocycles. The van der Waals surface area contributed by atoms with E-state index < -0.39 is 7.25 Å². The monoisotopic (exact) mass is 282 g/mol. The van der Waals surface area contributed by atoms with Crippen LogP contribution in [-0.4, -0.2) is 12.2 Å². The van der Waals surface area contributed by atoms with E-state index in [1.165, 1.54) is 25.7 Å². The van der Waals surface area contributed by atoms with Crippen molar-refractivity contribution in [1.29, 1.82) is 0 Å². The molecule has 2 nitrogen and oxygen atoms in total. The first-order valence-electron chi connectivity index (χ1n) is 6.64. The molecule has 7 heteroatoms. The first-order valence-corrected chi connectivity index (χ1v) is 6.64. The number of nitrogens with zero attached hydrogens (tertiary/aromatic N) is 1. The highest BCUT2D eigenvalue weighted by Gasteiger charge is 2.20. The van der Waals surface area contributed by atoms with Gasteiger partial charge in [-0.05, 0) is 25.2 Å². The first kappa shape index (κ1) is 18.0. The molecule has 0 saturated heterocycles. The van der Waals surface area contributed by atoms with Crippen LogP contribution in [0.15, 0.2) is 18.7 Å². The minimum absolute atomic E-state index is 0.682. The lowest BCUT2D eigenvalue weighted by atomic mass is 9.99. The molecule has 0 bridgehead atoms. The standard InChI is InChI=1S/C12H22N2.BF4/c1-4-5-6-12(9-11(2)3)14-8-7-13-10-14;2-1(3,4)5/h7-8,10-12H,4-6,9H2,1-3H3;/q;-1/p+1.